The smallest absolute Gasteiger partial charge is 0.226 e. The Bertz CT molecular complexity index is 434. The zero-order valence-electron chi connectivity index (χ0n) is 11.1. The fourth-order valence-electron chi connectivity index (χ4n) is 1.81. The first-order valence-electron chi connectivity index (χ1n) is 6.53. The van der Waals surface area contributed by atoms with Gasteiger partial charge in [-0.15, -0.1) is 0 Å². The highest BCUT2D eigenvalue weighted by Crippen LogP contribution is 2.18. The van der Waals surface area contributed by atoms with Crippen molar-refractivity contribution >= 4 is 11.6 Å². The second-order valence-electron chi connectivity index (χ2n) is 4.31. The fourth-order valence-corrected chi connectivity index (χ4v) is 1.81. The Morgan fingerprint density at radius 3 is 2.72 bits per heavy atom. The predicted molar refractivity (Wildman–Crippen MR) is 73.3 cm³/mol. The second-order valence-corrected chi connectivity index (χ2v) is 4.31. The standard InChI is InChI=1S/C15H20N2O/c1-3-5-10-17(15(18)7-4-2)14-9-6-8-13(11-14)12-16/h6,8-9,11H,3-5,7,10H2,1-2H3. The van der Waals surface area contributed by atoms with Crippen LogP contribution in [-0.2, 0) is 4.79 Å². The molecule has 1 aromatic rings. The highest BCUT2D eigenvalue weighted by Gasteiger charge is 2.14. The van der Waals surface area contributed by atoms with Gasteiger partial charge in [0.25, 0.3) is 0 Å². The van der Waals surface area contributed by atoms with Crippen LogP contribution in [0.15, 0.2) is 24.3 Å². The Hall–Kier alpha value is -1.82. The average molecular weight is 244 g/mol. The second kappa shape index (κ2) is 7.50. The van der Waals surface area contributed by atoms with Gasteiger partial charge in [0.15, 0.2) is 0 Å². The molecule has 0 heterocycles. The summed E-state index contributed by atoms with van der Waals surface area (Å²) in [6.07, 6.45) is 3.43. The van der Waals surface area contributed by atoms with Crippen molar-refractivity contribution in [3.8, 4) is 6.07 Å². The lowest BCUT2D eigenvalue weighted by atomic mass is 10.1. The number of carbonyl (C=O) groups is 1. The van der Waals surface area contributed by atoms with Gasteiger partial charge in [-0.05, 0) is 31.0 Å². The molecule has 0 spiro atoms. The van der Waals surface area contributed by atoms with Crippen molar-refractivity contribution < 1.29 is 4.79 Å². The molecule has 0 atom stereocenters. The van der Waals surface area contributed by atoms with Crippen molar-refractivity contribution in [2.45, 2.75) is 39.5 Å². The molecular weight excluding hydrogens is 224 g/mol. The Labute approximate surface area is 109 Å². The number of rotatable bonds is 6. The molecule has 1 rings (SSSR count). The van der Waals surface area contributed by atoms with Crippen molar-refractivity contribution in [3.63, 3.8) is 0 Å². The molecule has 96 valence electrons. The van der Waals surface area contributed by atoms with Crippen molar-refractivity contribution in [1.82, 2.24) is 0 Å². The summed E-state index contributed by atoms with van der Waals surface area (Å²) in [7, 11) is 0. The van der Waals surface area contributed by atoms with Gasteiger partial charge in [-0.3, -0.25) is 4.79 Å². The first kappa shape index (κ1) is 14.2. The Morgan fingerprint density at radius 2 is 2.11 bits per heavy atom. The molecule has 0 unspecified atom stereocenters. The highest BCUT2D eigenvalue weighted by atomic mass is 16.2. The number of nitrogens with zero attached hydrogens (tertiary/aromatic N) is 2. The van der Waals surface area contributed by atoms with Crippen LogP contribution in [0.1, 0.15) is 45.1 Å². The van der Waals surface area contributed by atoms with Crippen LogP contribution in [0.25, 0.3) is 0 Å². The van der Waals surface area contributed by atoms with Crippen LogP contribution in [-0.4, -0.2) is 12.5 Å². The molecule has 3 heteroatoms. The third-order valence-corrected chi connectivity index (χ3v) is 2.79. The van der Waals surface area contributed by atoms with Crippen molar-refractivity contribution in [2.75, 3.05) is 11.4 Å². The maximum Gasteiger partial charge on any atom is 0.226 e. The quantitative estimate of drug-likeness (QED) is 0.768. The van der Waals surface area contributed by atoms with Gasteiger partial charge in [-0.1, -0.05) is 26.3 Å². The molecular formula is C15H20N2O. The van der Waals surface area contributed by atoms with E-state index in [0.29, 0.717) is 12.0 Å². The Kier molecular flexibility index (Phi) is 5.93. The summed E-state index contributed by atoms with van der Waals surface area (Å²) in [5, 5.41) is 8.91. The number of amides is 1. The lowest BCUT2D eigenvalue weighted by Crippen LogP contribution is -2.31. The normalized spacial score (nSPS) is 9.83. The van der Waals surface area contributed by atoms with Gasteiger partial charge >= 0.3 is 0 Å². The fraction of sp³-hybridized carbons (Fsp3) is 0.467. The Morgan fingerprint density at radius 1 is 1.33 bits per heavy atom. The third kappa shape index (κ3) is 3.89. The summed E-state index contributed by atoms with van der Waals surface area (Å²) in [4.78, 5) is 13.9. The van der Waals surface area contributed by atoms with E-state index in [1.165, 1.54) is 0 Å². The van der Waals surface area contributed by atoms with Gasteiger partial charge in [0.1, 0.15) is 0 Å². The molecule has 0 saturated carbocycles. The van der Waals surface area contributed by atoms with Crippen LogP contribution < -0.4 is 4.90 Å². The minimum Gasteiger partial charge on any atom is -0.312 e. The lowest BCUT2D eigenvalue weighted by Gasteiger charge is -2.22. The Balaban J connectivity index is 2.93. The van der Waals surface area contributed by atoms with E-state index in [4.69, 9.17) is 5.26 Å². The largest absolute Gasteiger partial charge is 0.312 e. The number of benzene rings is 1. The molecule has 3 nitrogen and oxygen atoms in total. The highest BCUT2D eigenvalue weighted by molar-refractivity contribution is 5.93. The molecule has 0 aromatic heterocycles. The summed E-state index contributed by atoms with van der Waals surface area (Å²) >= 11 is 0. The van der Waals surface area contributed by atoms with Crippen molar-refractivity contribution in [3.05, 3.63) is 29.8 Å². The number of nitriles is 1. The molecule has 0 fully saturated rings. The van der Waals surface area contributed by atoms with E-state index in [9.17, 15) is 4.79 Å². The maximum atomic E-state index is 12.1. The van der Waals surface area contributed by atoms with E-state index in [-0.39, 0.29) is 5.91 Å². The van der Waals surface area contributed by atoms with E-state index in [1.54, 1.807) is 17.0 Å². The number of hydrogen-bond acceptors (Lipinski definition) is 2. The minimum atomic E-state index is 0.140. The van der Waals surface area contributed by atoms with Gasteiger partial charge in [-0.25, -0.2) is 0 Å². The molecule has 0 radical (unpaired) electrons. The molecule has 0 aliphatic rings. The molecule has 0 aliphatic carbocycles. The molecule has 0 saturated heterocycles. The van der Waals surface area contributed by atoms with E-state index >= 15 is 0 Å². The zero-order valence-corrected chi connectivity index (χ0v) is 11.1. The number of hydrogen-bond donors (Lipinski definition) is 0. The average Bonchev–Trinajstić information content (AvgIpc) is 2.40. The van der Waals surface area contributed by atoms with E-state index in [2.05, 4.69) is 13.0 Å². The molecule has 0 aliphatic heterocycles. The van der Waals surface area contributed by atoms with Gasteiger partial charge in [0.05, 0.1) is 11.6 Å². The van der Waals surface area contributed by atoms with Crippen LogP contribution in [0.5, 0.6) is 0 Å². The lowest BCUT2D eigenvalue weighted by molar-refractivity contribution is -0.118. The SMILES string of the molecule is CCCCN(C(=O)CCC)c1cccc(C#N)c1. The van der Waals surface area contributed by atoms with E-state index in [1.807, 2.05) is 19.1 Å². The van der Waals surface area contributed by atoms with E-state index < -0.39 is 0 Å². The molecule has 0 bridgehead atoms. The van der Waals surface area contributed by atoms with Gasteiger partial charge in [-0.2, -0.15) is 5.26 Å². The van der Waals surface area contributed by atoms with Gasteiger partial charge in [0, 0.05) is 18.7 Å². The summed E-state index contributed by atoms with van der Waals surface area (Å²) in [5.41, 5.74) is 1.43. The van der Waals surface area contributed by atoms with Crippen LogP contribution in [0.4, 0.5) is 5.69 Å². The molecule has 0 N–H and O–H groups in total. The minimum absolute atomic E-state index is 0.140. The first-order valence-corrected chi connectivity index (χ1v) is 6.53. The first-order chi connectivity index (χ1) is 8.72. The number of anilines is 1. The van der Waals surface area contributed by atoms with Crippen LogP contribution >= 0.6 is 0 Å². The van der Waals surface area contributed by atoms with Crippen LogP contribution in [0.3, 0.4) is 0 Å². The summed E-state index contributed by atoms with van der Waals surface area (Å²) in [5.74, 6) is 0.140. The summed E-state index contributed by atoms with van der Waals surface area (Å²) in [6.45, 7) is 4.83. The van der Waals surface area contributed by atoms with Crippen LogP contribution in [0, 0.1) is 11.3 Å². The molecule has 18 heavy (non-hydrogen) atoms. The molecule has 1 aromatic carbocycles. The van der Waals surface area contributed by atoms with E-state index in [0.717, 1.165) is 31.5 Å². The number of carbonyl (C=O) groups excluding carboxylic acids is 1. The predicted octanol–water partition coefficient (Wildman–Crippen LogP) is 3.49. The summed E-state index contributed by atoms with van der Waals surface area (Å²) < 4.78 is 0. The van der Waals surface area contributed by atoms with Gasteiger partial charge < -0.3 is 4.90 Å². The zero-order chi connectivity index (χ0) is 13.4. The van der Waals surface area contributed by atoms with Crippen molar-refractivity contribution in [2.24, 2.45) is 0 Å². The monoisotopic (exact) mass is 244 g/mol. The third-order valence-electron chi connectivity index (χ3n) is 2.79. The topological polar surface area (TPSA) is 44.1 Å². The number of unbranched alkanes of at least 4 members (excludes halogenated alkanes) is 1. The molecule has 1 amide bonds. The maximum absolute atomic E-state index is 12.1. The van der Waals surface area contributed by atoms with Gasteiger partial charge in [0.2, 0.25) is 5.91 Å². The van der Waals surface area contributed by atoms with Crippen molar-refractivity contribution in [1.29, 1.82) is 5.26 Å². The van der Waals surface area contributed by atoms with Crippen LogP contribution in [0.2, 0.25) is 0 Å². The summed E-state index contributed by atoms with van der Waals surface area (Å²) in [6, 6.07) is 9.37.